The maximum Gasteiger partial charge on any atom is 0.0604 e. The minimum atomic E-state index is 0.408. The summed E-state index contributed by atoms with van der Waals surface area (Å²) in [7, 11) is 2.24. The Balaban J connectivity index is 2.13. The lowest BCUT2D eigenvalue weighted by atomic mass is 9.85. The minimum absolute atomic E-state index is 0.408. The quantitative estimate of drug-likeness (QED) is 0.743. The van der Waals surface area contributed by atoms with Crippen molar-refractivity contribution in [2.24, 2.45) is 0 Å². The summed E-state index contributed by atoms with van der Waals surface area (Å²) in [6, 6.07) is 16.1. The monoisotopic (exact) mass is 251 g/mol. The van der Waals surface area contributed by atoms with Crippen molar-refractivity contribution in [1.29, 1.82) is 0 Å². The molecule has 0 aromatic heterocycles. The topological polar surface area (TPSA) is 3.24 Å². The third kappa shape index (κ3) is 2.19. The Hall–Kier alpha value is -1.60. The second-order valence-electron chi connectivity index (χ2n) is 5.69. The first-order valence-electron chi connectivity index (χ1n) is 7.02. The molecule has 1 unspecified atom stereocenters. The van der Waals surface area contributed by atoms with Gasteiger partial charge in [0.2, 0.25) is 0 Å². The summed E-state index contributed by atoms with van der Waals surface area (Å²) in [5.41, 5.74) is 7.17. The van der Waals surface area contributed by atoms with E-state index in [0.717, 1.165) is 13.0 Å². The molecule has 1 aliphatic heterocycles. The van der Waals surface area contributed by atoms with Gasteiger partial charge in [0.15, 0.2) is 0 Å². The fraction of sp³-hybridized carbons (Fsp3) is 0.333. The van der Waals surface area contributed by atoms with Crippen LogP contribution in [0.4, 0.5) is 0 Å². The molecule has 0 spiro atoms. The van der Waals surface area contributed by atoms with Crippen LogP contribution >= 0.6 is 0 Å². The highest BCUT2D eigenvalue weighted by Crippen LogP contribution is 2.36. The molecule has 1 nitrogen and oxygen atoms in total. The average Bonchev–Trinajstić information content (AvgIpc) is 2.41. The number of nitrogens with zero attached hydrogens (tertiary/aromatic N) is 1. The largest absolute Gasteiger partial charge is 0.295 e. The fourth-order valence-corrected chi connectivity index (χ4v) is 3.17. The van der Waals surface area contributed by atoms with Crippen molar-refractivity contribution >= 4 is 0 Å². The molecule has 2 aromatic carbocycles. The summed E-state index contributed by atoms with van der Waals surface area (Å²) in [4.78, 5) is 2.47. The summed E-state index contributed by atoms with van der Waals surface area (Å²) in [5, 5.41) is 0. The Morgan fingerprint density at radius 3 is 2.47 bits per heavy atom. The summed E-state index contributed by atoms with van der Waals surface area (Å²) in [6.45, 7) is 5.52. The number of rotatable bonds is 1. The first kappa shape index (κ1) is 12.4. The number of hydrogen-bond donors (Lipinski definition) is 0. The van der Waals surface area contributed by atoms with Crippen LogP contribution < -0.4 is 0 Å². The maximum absolute atomic E-state index is 2.47. The second-order valence-corrected chi connectivity index (χ2v) is 5.69. The number of benzene rings is 2. The SMILES string of the molecule is Cc1ccc(C2c3c(C)cccc3CCN2C)cc1. The first-order valence-corrected chi connectivity index (χ1v) is 7.02. The van der Waals surface area contributed by atoms with E-state index in [9.17, 15) is 0 Å². The highest BCUT2D eigenvalue weighted by Gasteiger charge is 2.27. The van der Waals surface area contributed by atoms with E-state index in [-0.39, 0.29) is 0 Å². The van der Waals surface area contributed by atoms with Gasteiger partial charge in [0, 0.05) is 6.54 Å². The van der Waals surface area contributed by atoms with Gasteiger partial charge in [0.1, 0.15) is 0 Å². The molecule has 1 heteroatoms. The molecular formula is C18H21N. The lowest BCUT2D eigenvalue weighted by Crippen LogP contribution is -2.33. The molecule has 98 valence electrons. The average molecular weight is 251 g/mol. The van der Waals surface area contributed by atoms with Gasteiger partial charge in [-0.3, -0.25) is 4.90 Å². The number of fused-ring (bicyclic) bond motifs is 1. The normalized spacial score (nSPS) is 19.2. The zero-order valence-corrected chi connectivity index (χ0v) is 12.0. The van der Waals surface area contributed by atoms with E-state index in [1.807, 2.05) is 0 Å². The molecule has 2 aromatic rings. The number of hydrogen-bond acceptors (Lipinski definition) is 1. The van der Waals surface area contributed by atoms with Crippen LogP contribution in [0.15, 0.2) is 42.5 Å². The smallest absolute Gasteiger partial charge is 0.0604 e. The van der Waals surface area contributed by atoms with Gasteiger partial charge < -0.3 is 0 Å². The molecule has 0 aliphatic carbocycles. The van der Waals surface area contributed by atoms with Crippen LogP contribution in [0.25, 0.3) is 0 Å². The van der Waals surface area contributed by atoms with Gasteiger partial charge in [0.05, 0.1) is 6.04 Å². The molecule has 0 radical (unpaired) electrons. The molecule has 19 heavy (non-hydrogen) atoms. The van der Waals surface area contributed by atoms with E-state index in [1.54, 1.807) is 0 Å². The maximum atomic E-state index is 2.47. The summed E-state index contributed by atoms with van der Waals surface area (Å²) in [5.74, 6) is 0. The number of aryl methyl sites for hydroxylation is 2. The van der Waals surface area contributed by atoms with Crippen molar-refractivity contribution in [1.82, 2.24) is 4.90 Å². The fourth-order valence-electron chi connectivity index (χ4n) is 3.17. The van der Waals surface area contributed by atoms with E-state index in [1.165, 1.54) is 27.8 Å². The van der Waals surface area contributed by atoms with Crippen molar-refractivity contribution in [3.05, 3.63) is 70.3 Å². The van der Waals surface area contributed by atoms with Gasteiger partial charge in [-0.1, -0.05) is 48.0 Å². The van der Waals surface area contributed by atoms with Crippen LogP contribution in [0, 0.1) is 13.8 Å². The molecular weight excluding hydrogens is 230 g/mol. The summed E-state index contributed by atoms with van der Waals surface area (Å²) in [6.07, 6.45) is 1.16. The van der Waals surface area contributed by atoms with E-state index in [0.29, 0.717) is 6.04 Å². The predicted molar refractivity (Wildman–Crippen MR) is 80.5 cm³/mol. The Labute approximate surface area is 115 Å². The minimum Gasteiger partial charge on any atom is -0.295 e. The van der Waals surface area contributed by atoms with E-state index < -0.39 is 0 Å². The lowest BCUT2D eigenvalue weighted by molar-refractivity contribution is 0.264. The van der Waals surface area contributed by atoms with Crippen molar-refractivity contribution in [2.75, 3.05) is 13.6 Å². The van der Waals surface area contributed by atoms with Crippen molar-refractivity contribution < 1.29 is 0 Å². The van der Waals surface area contributed by atoms with E-state index in [4.69, 9.17) is 0 Å². The molecule has 0 amide bonds. The molecule has 1 aliphatic rings. The molecule has 0 saturated heterocycles. The van der Waals surface area contributed by atoms with Gasteiger partial charge in [-0.25, -0.2) is 0 Å². The Bertz CT molecular complexity index is 583. The van der Waals surface area contributed by atoms with Crippen LogP contribution in [-0.2, 0) is 6.42 Å². The molecule has 0 N–H and O–H groups in total. The van der Waals surface area contributed by atoms with Crippen molar-refractivity contribution in [2.45, 2.75) is 26.3 Å². The van der Waals surface area contributed by atoms with Crippen LogP contribution in [0.3, 0.4) is 0 Å². The van der Waals surface area contributed by atoms with Gasteiger partial charge in [-0.05, 0) is 49.6 Å². The number of likely N-dealkylation sites (N-methyl/N-ethyl adjacent to an activating group) is 1. The Morgan fingerprint density at radius 1 is 1.00 bits per heavy atom. The molecule has 0 bridgehead atoms. The third-order valence-corrected chi connectivity index (χ3v) is 4.26. The zero-order chi connectivity index (χ0) is 13.4. The van der Waals surface area contributed by atoms with Gasteiger partial charge in [0.25, 0.3) is 0 Å². The zero-order valence-electron chi connectivity index (χ0n) is 12.0. The standard InChI is InChI=1S/C18H21N/c1-13-7-9-16(10-8-13)18-17-14(2)5-4-6-15(17)11-12-19(18)3/h4-10,18H,11-12H2,1-3H3. The van der Waals surface area contributed by atoms with Crippen molar-refractivity contribution in [3.63, 3.8) is 0 Å². The highest BCUT2D eigenvalue weighted by atomic mass is 15.1. The van der Waals surface area contributed by atoms with Gasteiger partial charge >= 0.3 is 0 Å². The Morgan fingerprint density at radius 2 is 1.74 bits per heavy atom. The van der Waals surface area contributed by atoms with Crippen LogP contribution in [0.5, 0.6) is 0 Å². The summed E-state index contributed by atoms with van der Waals surface area (Å²) < 4.78 is 0. The summed E-state index contributed by atoms with van der Waals surface area (Å²) >= 11 is 0. The molecule has 1 atom stereocenters. The lowest BCUT2D eigenvalue weighted by Gasteiger charge is -2.36. The highest BCUT2D eigenvalue weighted by molar-refractivity contribution is 5.44. The molecule has 3 rings (SSSR count). The Kier molecular flexibility index (Phi) is 3.16. The van der Waals surface area contributed by atoms with Gasteiger partial charge in [-0.2, -0.15) is 0 Å². The van der Waals surface area contributed by atoms with Crippen LogP contribution in [0.1, 0.15) is 33.9 Å². The first-order chi connectivity index (χ1) is 9.16. The molecule has 1 heterocycles. The van der Waals surface area contributed by atoms with E-state index >= 15 is 0 Å². The van der Waals surface area contributed by atoms with Crippen molar-refractivity contribution in [3.8, 4) is 0 Å². The van der Waals surface area contributed by atoms with Crippen LogP contribution in [0.2, 0.25) is 0 Å². The molecule has 0 saturated carbocycles. The van der Waals surface area contributed by atoms with E-state index in [2.05, 4.69) is 68.3 Å². The second kappa shape index (κ2) is 4.82. The van der Waals surface area contributed by atoms with Gasteiger partial charge in [-0.15, -0.1) is 0 Å². The predicted octanol–water partition coefficient (Wildman–Crippen LogP) is 3.88. The molecule has 0 fully saturated rings. The van der Waals surface area contributed by atoms with Crippen LogP contribution in [-0.4, -0.2) is 18.5 Å². The third-order valence-electron chi connectivity index (χ3n) is 4.26.